The van der Waals surface area contributed by atoms with Crippen molar-refractivity contribution in [3.05, 3.63) is 22.0 Å². The molecular weight excluding hydrogens is 424 g/mol. The maximum atomic E-state index is 12.3. The highest BCUT2D eigenvalue weighted by atomic mass is 32.2. The van der Waals surface area contributed by atoms with Crippen molar-refractivity contribution in [2.45, 2.75) is 97.4 Å². The van der Waals surface area contributed by atoms with Crippen molar-refractivity contribution in [1.82, 2.24) is 0 Å². The standard InChI is InChI=1S/C25H46O2S2Si/c1-18(2)17-25(26)21(19(3)13-14-27-30(8,9)24(5,6)7)12-11-20(4)22(25)23-28-15-10-16-29-23/h19-21,26H,1,10-17H2,2-9H3/t19-,20-,21+,25?/m0/s1. The quantitative estimate of drug-likeness (QED) is 0.303. The third-order valence-corrected chi connectivity index (χ3v) is 14.8. The molecule has 1 N–H and O–H groups in total. The molecule has 2 nitrogen and oxygen atoms in total. The molecule has 1 saturated carbocycles. The lowest BCUT2D eigenvalue weighted by Gasteiger charge is -2.49. The SMILES string of the molecule is C=C(C)CC1(O)C(=C2SCCCS2)[C@@H](C)CC[C@@H]1[C@@H](C)CCO[Si](C)(C)C(C)(C)C. The van der Waals surface area contributed by atoms with Gasteiger partial charge in [0.05, 0.1) is 5.60 Å². The van der Waals surface area contributed by atoms with E-state index in [1.807, 2.05) is 23.5 Å². The monoisotopic (exact) mass is 470 g/mol. The molecular formula is C25H46O2S2Si. The zero-order valence-electron chi connectivity index (χ0n) is 20.8. The molecule has 174 valence electrons. The summed E-state index contributed by atoms with van der Waals surface area (Å²) in [7, 11) is -1.73. The highest BCUT2D eigenvalue weighted by Gasteiger charge is 2.49. The predicted molar refractivity (Wildman–Crippen MR) is 140 cm³/mol. The zero-order valence-corrected chi connectivity index (χ0v) is 23.4. The van der Waals surface area contributed by atoms with E-state index in [1.54, 1.807) is 0 Å². The average Bonchev–Trinajstić information content (AvgIpc) is 2.60. The molecule has 0 aromatic heterocycles. The summed E-state index contributed by atoms with van der Waals surface area (Å²) in [6, 6.07) is 0. The van der Waals surface area contributed by atoms with Crippen LogP contribution in [-0.2, 0) is 4.43 Å². The Labute approximate surface area is 196 Å². The van der Waals surface area contributed by atoms with Gasteiger partial charge in [-0.25, -0.2) is 0 Å². The van der Waals surface area contributed by atoms with E-state index in [-0.39, 0.29) is 11.0 Å². The Balaban J connectivity index is 2.23. The molecule has 2 fully saturated rings. The van der Waals surface area contributed by atoms with Gasteiger partial charge in [-0.3, -0.25) is 0 Å². The lowest BCUT2D eigenvalue weighted by atomic mass is 9.62. The molecule has 2 aliphatic rings. The fraction of sp³-hybridized carbons (Fsp3) is 0.840. The molecule has 0 amide bonds. The lowest BCUT2D eigenvalue weighted by Crippen LogP contribution is -2.49. The molecule has 1 unspecified atom stereocenters. The Morgan fingerprint density at radius 3 is 2.40 bits per heavy atom. The Morgan fingerprint density at radius 2 is 1.87 bits per heavy atom. The first-order valence-electron chi connectivity index (χ1n) is 11.8. The van der Waals surface area contributed by atoms with E-state index >= 15 is 0 Å². The van der Waals surface area contributed by atoms with E-state index in [1.165, 1.54) is 34.2 Å². The molecule has 30 heavy (non-hydrogen) atoms. The molecule has 5 heteroatoms. The lowest BCUT2D eigenvalue weighted by molar-refractivity contribution is -0.0396. The summed E-state index contributed by atoms with van der Waals surface area (Å²) < 4.78 is 7.90. The van der Waals surface area contributed by atoms with Gasteiger partial charge < -0.3 is 9.53 Å². The van der Waals surface area contributed by atoms with Gasteiger partial charge in [0.1, 0.15) is 0 Å². The van der Waals surface area contributed by atoms with Crippen LogP contribution < -0.4 is 0 Å². The van der Waals surface area contributed by atoms with E-state index in [0.717, 1.165) is 25.0 Å². The van der Waals surface area contributed by atoms with Crippen LogP contribution in [0.1, 0.15) is 73.6 Å². The minimum atomic E-state index is -1.73. The first-order valence-corrected chi connectivity index (χ1v) is 16.7. The van der Waals surface area contributed by atoms with Gasteiger partial charge in [-0.1, -0.05) is 40.2 Å². The summed E-state index contributed by atoms with van der Waals surface area (Å²) >= 11 is 3.95. The van der Waals surface area contributed by atoms with Crippen molar-refractivity contribution in [1.29, 1.82) is 0 Å². The van der Waals surface area contributed by atoms with E-state index in [2.05, 4.69) is 61.2 Å². The number of hydrogen-bond acceptors (Lipinski definition) is 4. The largest absolute Gasteiger partial charge is 0.417 e. The van der Waals surface area contributed by atoms with Gasteiger partial charge in [0.15, 0.2) is 8.32 Å². The normalized spacial score (nSPS) is 29.8. The minimum absolute atomic E-state index is 0.240. The van der Waals surface area contributed by atoms with E-state index < -0.39 is 13.9 Å². The maximum Gasteiger partial charge on any atom is 0.191 e. The molecule has 1 saturated heterocycles. The van der Waals surface area contributed by atoms with Gasteiger partial charge in [-0.2, -0.15) is 0 Å². The Kier molecular flexibility index (Phi) is 9.30. The molecule has 1 aliphatic heterocycles. The summed E-state index contributed by atoms with van der Waals surface area (Å²) in [5.41, 5.74) is 1.66. The Bertz CT molecular complexity index is 630. The number of hydrogen-bond donors (Lipinski definition) is 1. The van der Waals surface area contributed by atoms with Crippen molar-refractivity contribution in [3.63, 3.8) is 0 Å². The molecule has 0 aromatic rings. The van der Waals surface area contributed by atoms with Gasteiger partial charge in [-0.15, -0.1) is 30.1 Å². The van der Waals surface area contributed by atoms with Crippen LogP contribution in [0.4, 0.5) is 0 Å². The second kappa shape index (κ2) is 10.5. The van der Waals surface area contributed by atoms with Gasteiger partial charge >= 0.3 is 0 Å². The van der Waals surface area contributed by atoms with E-state index in [4.69, 9.17) is 4.43 Å². The Morgan fingerprint density at radius 1 is 1.27 bits per heavy atom. The van der Waals surface area contributed by atoms with Gasteiger partial charge in [0.2, 0.25) is 0 Å². The van der Waals surface area contributed by atoms with E-state index in [0.29, 0.717) is 18.3 Å². The van der Waals surface area contributed by atoms with Crippen LogP contribution in [-0.4, -0.2) is 37.1 Å². The summed E-state index contributed by atoms with van der Waals surface area (Å²) in [4.78, 5) is 0. The summed E-state index contributed by atoms with van der Waals surface area (Å²) in [5.74, 6) is 3.53. The van der Waals surface area contributed by atoms with Crippen molar-refractivity contribution in [2.24, 2.45) is 17.8 Å². The zero-order chi connectivity index (χ0) is 22.7. The van der Waals surface area contributed by atoms with Crippen LogP contribution in [0.3, 0.4) is 0 Å². The number of rotatable bonds is 7. The molecule has 0 spiro atoms. The topological polar surface area (TPSA) is 29.5 Å². The maximum absolute atomic E-state index is 12.3. The Hall–Kier alpha value is 0.317. The van der Waals surface area contributed by atoms with Gasteiger partial charge in [-0.05, 0) is 85.6 Å². The number of aliphatic hydroxyl groups is 1. The predicted octanol–water partition coefficient (Wildman–Crippen LogP) is 7.86. The van der Waals surface area contributed by atoms with Crippen LogP contribution in [0.2, 0.25) is 18.1 Å². The highest BCUT2D eigenvalue weighted by molar-refractivity contribution is 8.22. The van der Waals surface area contributed by atoms with Gasteiger partial charge in [0, 0.05) is 17.3 Å². The van der Waals surface area contributed by atoms with Crippen molar-refractivity contribution in [3.8, 4) is 0 Å². The minimum Gasteiger partial charge on any atom is -0.417 e. The molecule has 1 heterocycles. The van der Waals surface area contributed by atoms with Crippen molar-refractivity contribution < 1.29 is 9.53 Å². The molecule has 0 aromatic carbocycles. The summed E-state index contributed by atoms with van der Waals surface area (Å²) in [6.07, 6.45) is 5.25. The van der Waals surface area contributed by atoms with Crippen molar-refractivity contribution in [2.75, 3.05) is 18.1 Å². The van der Waals surface area contributed by atoms with Crippen LogP contribution in [0.25, 0.3) is 0 Å². The number of thioether (sulfide) groups is 2. The smallest absolute Gasteiger partial charge is 0.191 e. The molecule has 0 radical (unpaired) electrons. The third kappa shape index (κ3) is 6.21. The first-order chi connectivity index (χ1) is 13.8. The second-order valence-electron chi connectivity index (χ2n) is 11.3. The third-order valence-electron chi connectivity index (χ3n) is 7.56. The average molecular weight is 471 g/mol. The molecule has 1 aliphatic carbocycles. The fourth-order valence-electron chi connectivity index (χ4n) is 4.76. The fourth-order valence-corrected chi connectivity index (χ4v) is 8.85. The van der Waals surface area contributed by atoms with E-state index in [9.17, 15) is 5.11 Å². The highest BCUT2D eigenvalue weighted by Crippen LogP contribution is 2.53. The van der Waals surface area contributed by atoms with Crippen LogP contribution in [0, 0.1) is 17.8 Å². The first kappa shape index (κ1) is 26.6. The molecule has 2 rings (SSSR count). The van der Waals surface area contributed by atoms with Gasteiger partial charge in [0.25, 0.3) is 0 Å². The van der Waals surface area contributed by atoms with Crippen LogP contribution >= 0.6 is 23.5 Å². The molecule has 0 bridgehead atoms. The van der Waals surface area contributed by atoms with Crippen molar-refractivity contribution >= 4 is 31.8 Å². The molecule has 4 atom stereocenters. The second-order valence-corrected chi connectivity index (χ2v) is 18.5. The summed E-state index contributed by atoms with van der Waals surface area (Å²) in [6.45, 7) is 23.3. The van der Waals surface area contributed by atoms with Crippen LogP contribution in [0.15, 0.2) is 22.0 Å². The van der Waals surface area contributed by atoms with Crippen LogP contribution in [0.5, 0.6) is 0 Å². The summed E-state index contributed by atoms with van der Waals surface area (Å²) in [5, 5.41) is 12.5.